The van der Waals surface area contributed by atoms with Crippen molar-refractivity contribution in [1.82, 2.24) is 4.90 Å². The van der Waals surface area contributed by atoms with Gasteiger partial charge in [-0.15, -0.1) is 0 Å². The van der Waals surface area contributed by atoms with Crippen LogP contribution in [0.1, 0.15) is 24.3 Å². The Bertz CT molecular complexity index is 920. The van der Waals surface area contributed by atoms with Crippen molar-refractivity contribution in [3.05, 3.63) is 53.8 Å². The molecule has 0 aliphatic heterocycles. The van der Waals surface area contributed by atoms with Gasteiger partial charge in [-0.1, -0.05) is 18.2 Å². The molecule has 1 heterocycles. The summed E-state index contributed by atoms with van der Waals surface area (Å²) in [7, 11) is 6.43. The minimum Gasteiger partial charge on any atom is -0.493 e. The second-order valence-electron chi connectivity index (χ2n) is 6.58. The monoisotopic (exact) mass is 383 g/mol. The van der Waals surface area contributed by atoms with E-state index in [4.69, 9.17) is 18.6 Å². The van der Waals surface area contributed by atoms with Gasteiger partial charge >= 0.3 is 0 Å². The number of amides is 1. The van der Waals surface area contributed by atoms with Crippen molar-refractivity contribution < 1.29 is 23.4 Å². The first kappa shape index (κ1) is 19.6. The number of carbonyl (C=O) groups is 1. The van der Waals surface area contributed by atoms with Gasteiger partial charge < -0.3 is 23.5 Å². The van der Waals surface area contributed by atoms with Crippen LogP contribution in [0.25, 0.3) is 11.0 Å². The van der Waals surface area contributed by atoms with Crippen molar-refractivity contribution in [2.45, 2.75) is 19.4 Å². The van der Waals surface area contributed by atoms with E-state index in [1.54, 1.807) is 45.4 Å². The maximum atomic E-state index is 12.9. The molecule has 0 saturated carbocycles. The van der Waals surface area contributed by atoms with Gasteiger partial charge in [0.15, 0.2) is 11.5 Å². The van der Waals surface area contributed by atoms with Crippen LogP contribution in [0.4, 0.5) is 0 Å². The Hall–Kier alpha value is -3.15. The van der Waals surface area contributed by atoms with Crippen molar-refractivity contribution in [2.24, 2.45) is 0 Å². The maximum absolute atomic E-state index is 12.9. The van der Waals surface area contributed by atoms with E-state index in [9.17, 15) is 4.79 Å². The smallest absolute Gasteiger partial charge is 0.227 e. The minimum absolute atomic E-state index is 0.0396. The molecule has 0 fully saturated rings. The highest BCUT2D eigenvalue weighted by molar-refractivity contribution is 5.80. The molecule has 1 unspecified atom stereocenters. The van der Waals surface area contributed by atoms with E-state index in [0.29, 0.717) is 17.2 Å². The van der Waals surface area contributed by atoms with E-state index in [1.165, 1.54) is 0 Å². The Morgan fingerprint density at radius 1 is 1.04 bits per heavy atom. The third kappa shape index (κ3) is 3.76. The fraction of sp³-hybridized carbons (Fsp3) is 0.318. The minimum atomic E-state index is -0.193. The highest BCUT2D eigenvalue weighted by Crippen LogP contribution is 2.38. The fourth-order valence-electron chi connectivity index (χ4n) is 3.15. The summed E-state index contributed by atoms with van der Waals surface area (Å²) in [5.74, 6) is 2.27. The molecule has 0 N–H and O–H groups in total. The van der Waals surface area contributed by atoms with Crippen LogP contribution in [-0.4, -0.2) is 39.2 Å². The number of rotatable bonds is 7. The first-order valence-electron chi connectivity index (χ1n) is 9.01. The predicted octanol–water partition coefficient (Wildman–Crippen LogP) is 4.22. The van der Waals surface area contributed by atoms with Crippen molar-refractivity contribution in [3.8, 4) is 17.2 Å². The average molecular weight is 383 g/mol. The number of benzene rings is 2. The van der Waals surface area contributed by atoms with Gasteiger partial charge in [0.1, 0.15) is 11.3 Å². The van der Waals surface area contributed by atoms with E-state index in [-0.39, 0.29) is 18.4 Å². The van der Waals surface area contributed by atoms with Crippen LogP contribution in [0.15, 0.2) is 46.9 Å². The van der Waals surface area contributed by atoms with Crippen LogP contribution in [-0.2, 0) is 11.2 Å². The lowest BCUT2D eigenvalue weighted by Gasteiger charge is -2.23. The summed E-state index contributed by atoms with van der Waals surface area (Å²) in [5.41, 5.74) is 1.60. The van der Waals surface area contributed by atoms with Crippen LogP contribution in [0.2, 0.25) is 0 Å². The predicted molar refractivity (Wildman–Crippen MR) is 107 cm³/mol. The quantitative estimate of drug-likeness (QED) is 0.611. The molecule has 1 atom stereocenters. The Balaban J connectivity index is 1.80. The Kier molecular flexibility index (Phi) is 5.78. The SMILES string of the molecule is COc1cc(CC(=O)N(C)C(C)c2cc3ccccc3o2)cc(OC)c1OC. The lowest BCUT2D eigenvalue weighted by atomic mass is 10.1. The van der Waals surface area contributed by atoms with E-state index >= 15 is 0 Å². The lowest BCUT2D eigenvalue weighted by molar-refractivity contribution is -0.131. The second kappa shape index (κ2) is 8.25. The van der Waals surface area contributed by atoms with E-state index < -0.39 is 0 Å². The standard InChI is InChI=1S/C22H25NO5/c1-14(18-13-16-8-6-7-9-17(16)28-18)23(2)21(24)12-15-10-19(25-3)22(27-5)20(11-15)26-4/h6-11,13-14H,12H2,1-5H3. The van der Waals surface area contributed by atoms with Gasteiger partial charge in [0.2, 0.25) is 11.7 Å². The van der Waals surface area contributed by atoms with E-state index in [0.717, 1.165) is 22.3 Å². The summed E-state index contributed by atoms with van der Waals surface area (Å²) < 4.78 is 22.0. The Labute approximate surface area is 164 Å². The van der Waals surface area contributed by atoms with Crippen LogP contribution in [0, 0.1) is 0 Å². The highest BCUT2D eigenvalue weighted by Gasteiger charge is 2.22. The van der Waals surface area contributed by atoms with Gasteiger partial charge in [-0.3, -0.25) is 4.79 Å². The molecule has 1 aromatic heterocycles. The molecular formula is C22H25NO5. The molecular weight excluding hydrogens is 358 g/mol. The first-order chi connectivity index (χ1) is 13.5. The molecule has 6 nitrogen and oxygen atoms in total. The lowest BCUT2D eigenvalue weighted by Crippen LogP contribution is -2.30. The summed E-state index contributed by atoms with van der Waals surface area (Å²) in [6.45, 7) is 1.95. The summed E-state index contributed by atoms with van der Waals surface area (Å²) in [4.78, 5) is 14.5. The zero-order valence-electron chi connectivity index (χ0n) is 16.8. The van der Waals surface area contributed by atoms with E-state index in [1.807, 2.05) is 37.3 Å². The number of para-hydroxylation sites is 1. The molecule has 1 amide bonds. The van der Waals surface area contributed by atoms with Crippen LogP contribution < -0.4 is 14.2 Å². The van der Waals surface area contributed by atoms with Gasteiger partial charge in [0.25, 0.3) is 0 Å². The van der Waals surface area contributed by atoms with Crippen LogP contribution >= 0.6 is 0 Å². The second-order valence-corrected chi connectivity index (χ2v) is 6.58. The van der Waals surface area contributed by atoms with Gasteiger partial charge in [0, 0.05) is 12.4 Å². The molecule has 0 saturated heterocycles. The van der Waals surface area contributed by atoms with Crippen molar-refractivity contribution in [1.29, 1.82) is 0 Å². The van der Waals surface area contributed by atoms with Gasteiger partial charge in [0.05, 0.1) is 33.8 Å². The van der Waals surface area contributed by atoms with Crippen LogP contribution in [0.3, 0.4) is 0 Å². The fourth-order valence-corrected chi connectivity index (χ4v) is 3.15. The molecule has 3 aromatic rings. The summed E-state index contributed by atoms with van der Waals surface area (Å²) in [5, 5.41) is 1.02. The third-order valence-electron chi connectivity index (χ3n) is 4.91. The highest BCUT2D eigenvalue weighted by atomic mass is 16.5. The van der Waals surface area contributed by atoms with Crippen molar-refractivity contribution >= 4 is 16.9 Å². The van der Waals surface area contributed by atoms with Crippen molar-refractivity contribution in [2.75, 3.05) is 28.4 Å². The largest absolute Gasteiger partial charge is 0.493 e. The van der Waals surface area contributed by atoms with E-state index in [2.05, 4.69) is 0 Å². The molecule has 6 heteroatoms. The molecule has 28 heavy (non-hydrogen) atoms. The number of methoxy groups -OCH3 is 3. The Morgan fingerprint density at radius 2 is 1.68 bits per heavy atom. The Morgan fingerprint density at radius 3 is 2.25 bits per heavy atom. The number of hydrogen-bond acceptors (Lipinski definition) is 5. The van der Waals surface area contributed by atoms with Gasteiger partial charge in [-0.05, 0) is 36.8 Å². The zero-order valence-corrected chi connectivity index (χ0v) is 16.8. The zero-order chi connectivity index (χ0) is 20.3. The number of nitrogens with zero attached hydrogens (tertiary/aromatic N) is 1. The third-order valence-corrected chi connectivity index (χ3v) is 4.91. The normalized spacial score (nSPS) is 11.9. The molecule has 0 bridgehead atoms. The molecule has 3 rings (SSSR count). The van der Waals surface area contributed by atoms with Crippen LogP contribution in [0.5, 0.6) is 17.2 Å². The first-order valence-corrected chi connectivity index (χ1v) is 9.01. The summed E-state index contributed by atoms with van der Waals surface area (Å²) in [6, 6.07) is 13.2. The summed E-state index contributed by atoms with van der Waals surface area (Å²) in [6.07, 6.45) is 0.206. The average Bonchev–Trinajstić information content (AvgIpc) is 3.15. The molecule has 0 spiro atoms. The molecule has 0 aliphatic rings. The number of carbonyl (C=O) groups excluding carboxylic acids is 1. The maximum Gasteiger partial charge on any atom is 0.227 e. The number of furan rings is 1. The molecule has 148 valence electrons. The number of likely N-dealkylation sites (N-methyl/N-ethyl adjacent to an activating group) is 1. The topological polar surface area (TPSA) is 61.1 Å². The van der Waals surface area contributed by atoms with Gasteiger partial charge in [-0.2, -0.15) is 0 Å². The number of ether oxygens (including phenoxy) is 3. The molecule has 2 aromatic carbocycles. The number of hydrogen-bond donors (Lipinski definition) is 0. The summed E-state index contributed by atoms with van der Waals surface area (Å²) >= 11 is 0. The van der Waals surface area contributed by atoms with Gasteiger partial charge in [-0.25, -0.2) is 0 Å². The molecule has 0 radical (unpaired) electrons. The molecule has 0 aliphatic carbocycles. The van der Waals surface area contributed by atoms with Crippen molar-refractivity contribution in [3.63, 3.8) is 0 Å². The number of fused-ring (bicyclic) bond motifs is 1.